The SMILES string of the molecule is COCCOc1c(C)c(C(=O)c2ccccc2)c(O)c(-c2cnn(C)c2)c1S(C)(=O)=O. The van der Waals surface area contributed by atoms with Crippen molar-refractivity contribution in [3.63, 3.8) is 0 Å². The topological polar surface area (TPSA) is 108 Å². The molecule has 0 atom stereocenters. The minimum absolute atomic E-state index is 0.00971. The second-order valence-corrected chi connectivity index (χ2v) is 9.05. The summed E-state index contributed by atoms with van der Waals surface area (Å²) >= 11 is 0. The Morgan fingerprint density at radius 1 is 1.19 bits per heavy atom. The summed E-state index contributed by atoms with van der Waals surface area (Å²) in [7, 11) is -0.703. The molecular formula is C22H24N2O6S. The first kappa shape index (κ1) is 22.5. The van der Waals surface area contributed by atoms with Gasteiger partial charge in [-0.3, -0.25) is 9.48 Å². The molecule has 0 unspecified atom stereocenters. The van der Waals surface area contributed by atoms with Gasteiger partial charge in [-0.05, 0) is 6.92 Å². The number of sulfone groups is 1. The standard InChI is InChI=1S/C22H24N2O6S/c1-14-17(19(25)15-8-6-5-7-9-15)20(26)18(16-12-23-24(2)13-16)22(31(4,27)28)21(14)30-11-10-29-3/h5-9,12-13,26H,10-11H2,1-4H3. The molecule has 8 nitrogen and oxygen atoms in total. The Hall–Kier alpha value is -3.17. The molecule has 0 aliphatic rings. The molecule has 0 fully saturated rings. The molecule has 2 aromatic carbocycles. The van der Waals surface area contributed by atoms with Crippen LogP contribution in [0.3, 0.4) is 0 Å². The largest absolute Gasteiger partial charge is 0.506 e. The quantitative estimate of drug-likeness (QED) is 0.420. The zero-order valence-electron chi connectivity index (χ0n) is 17.7. The van der Waals surface area contributed by atoms with Crippen LogP contribution in [0.2, 0.25) is 0 Å². The first-order valence-electron chi connectivity index (χ1n) is 9.46. The van der Waals surface area contributed by atoms with Crippen LogP contribution >= 0.6 is 0 Å². The fraction of sp³-hybridized carbons (Fsp3) is 0.273. The van der Waals surface area contributed by atoms with Crippen LogP contribution in [0, 0.1) is 6.92 Å². The summed E-state index contributed by atoms with van der Waals surface area (Å²) in [4.78, 5) is 13.1. The molecule has 9 heteroatoms. The third-order valence-corrected chi connectivity index (χ3v) is 5.91. The molecule has 0 radical (unpaired) electrons. The second kappa shape index (κ2) is 8.91. The molecule has 0 saturated heterocycles. The van der Waals surface area contributed by atoms with Crippen molar-refractivity contribution in [3.05, 3.63) is 59.4 Å². The lowest BCUT2D eigenvalue weighted by Crippen LogP contribution is -2.14. The van der Waals surface area contributed by atoms with E-state index in [-0.39, 0.29) is 40.5 Å². The van der Waals surface area contributed by atoms with Crippen molar-refractivity contribution >= 4 is 15.6 Å². The number of benzene rings is 2. The molecule has 0 aliphatic carbocycles. The average Bonchev–Trinajstić information content (AvgIpc) is 3.15. The minimum Gasteiger partial charge on any atom is -0.506 e. The van der Waals surface area contributed by atoms with E-state index in [9.17, 15) is 18.3 Å². The first-order chi connectivity index (χ1) is 14.7. The van der Waals surface area contributed by atoms with Crippen LogP contribution in [0.1, 0.15) is 21.5 Å². The Balaban J connectivity index is 2.39. The summed E-state index contributed by atoms with van der Waals surface area (Å²) in [5.74, 6) is -0.869. The molecular weight excluding hydrogens is 420 g/mol. The highest BCUT2D eigenvalue weighted by atomic mass is 32.2. The molecule has 1 N–H and O–H groups in total. The van der Waals surface area contributed by atoms with E-state index in [2.05, 4.69) is 5.10 Å². The number of rotatable bonds is 8. The highest BCUT2D eigenvalue weighted by molar-refractivity contribution is 7.91. The molecule has 0 spiro atoms. The lowest BCUT2D eigenvalue weighted by atomic mass is 9.93. The molecule has 1 aromatic heterocycles. The highest BCUT2D eigenvalue weighted by Gasteiger charge is 2.32. The van der Waals surface area contributed by atoms with Crippen molar-refractivity contribution in [2.45, 2.75) is 11.8 Å². The lowest BCUT2D eigenvalue weighted by molar-refractivity contribution is 0.103. The second-order valence-electron chi connectivity index (χ2n) is 7.09. The number of aromatic nitrogens is 2. The molecule has 31 heavy (non-hydrogen) atoms. The smallest absolute Gasteiger partial charge is 0.197 e. The number of hydrogen-bond acceptors (Lipinski definition) is 7. The first-order valence-corrected chi connectivity index (χ1v) is 11.4. The van der Waals surface area contributed by atoms with E-state index in [1.54, 1.807) is 50.5 Å². The molecule has 3 rings (SSSR count). The maximum absolute atomic E-state index is 13.3. The Kier molecular flexibility index (Phi) is 6.47. The van der Waals surface area contributed by atoms with E-state index in [1.165, 1.54) is 18.0 Å². The van der Waals surface area contributed by atoms with Gasteiger partial charge in [-0.15, -0.1) is 0 Å². The number of phenols is 1. The number of carbonyl (C=O) groups excluding carboxylic acids is 1. The Labute approximate surface area is 181 Å². The molecule has 0 bridgehead atoms. The van der Waals surface area contributed by atoms with Gasteiger partial charge in [-0.2, -0.15) is 5.10 Å². The summed E-state index contributed by atoms with van der Waals surface area (Å²) < 4.78 is 37.9. The monoisotopic (exact) mass is 444 g/mol. The number of methoxy groups -OCH3 is 1. The van der Waals surface area contributed by atoms with Gasteiger partial charge in [0.2, 0.25) is 0 Å². The van der Waals surface area contributed by atoms with E-state index in [1.807, 2.05) is 0 Å². The number of carbonyl (C=O) groups is 1. The van der Waals surface area contributed by atoms with Crippen molar-refractivity contribution in [2.75, 3.05) is 26.6 Å². The average molecular weight is 445 g/mol. The number of ether oxygens (including phenoxy) is 2. The summed E-state index contributed by atoms with van der Waals surface area (Å²) in [6, 6.07) is 8.45. The van der Waals surface area contributed by atoms with Crippen molar-refractivity contribution < 1.29 is 27.8 Å². The van der Waals surface area contributed by atoms with E-state index < -0.39 is 21.4 Å². The van der Waals surface area contributed by atoms with Gasteiger partial charge in [-0.25, -0.2) is 8.42 Å². The van der Waals surface area contributed by atoms with Crippen LogP contribution < -0.4 is 4.74 Å². The van der Waals surface area contributed by atoms with Crippen LogP contribution in [0.4, 0.5) is 0 Å². The fourth-order valence-electron chi connectivity index (χ4n) is 3.39. The Bertz CT molecular complexity index is 1220. The lowest BCUT2D eigenvalue weighted by Gasteiger charge is -2.21. The third-order valence-electron chi connectivity index (χ3n) is 4.78. The molecule has 1 heterocycles. The molecule has 0 amide bonds. The van der Waals surface area contributed by atoms with Gasteiger partial charge in [-0.1, -0.05) is 30.3 Å². The number of aryl methyl sites for hydroxylation is 1. The molecule has 0 saturated carbocycles. The number of nitrogens with zero attached hydrogens (tertiary/aromatic N) is 2. The van der Waals surface area contributed by atoms with Gasteiger partial charge in [0, 0.05) is 48.9 Å². The van der Waals surface area contributed by atoms with E-state index in [0.29, 0.717) is 11.1 Å². The van der Waals surface area contributed by atoms with Crippen LogP contribution in [0.15, 0.2) is 47.6 Å². The number of hydrogen-bond donors (Lipinski definition) is 1. The van der Waals surface area contributed by atoms with E-state index in [0.717, 1.165) is 6.26 Å². The summed E-state index contributed by atoms with van der Waals surface area (Å²) in [6.45, 7) is 1.84. The molecule has 3 aromatic rings. The Morgan fingerprint density at radius 2 is 1.87 bits per heavy atom. The van der Waals surface area contributed by atoms with Crippen molar-refractivity contribution in [1.29, 1.82) is 0 Å². The summed E-state index contributed by atoms with van der Waals surface area (Å²) in [6.07, 6.45) is 4.02. The zero-order valence-corrected chi connectivity index (χ0v) is 18.6. The van der Waals surface area contributed by atoms with Crippen molar-refractivity contribution in [1.82, 2.24) is 9.78 Å². The van der Waals surface area contributed by atoms with Gasteiger partial charge in [0.05, 0.1) is 18.4 Å². The maximum Gasteiger partial charge on any atom is 0.197 e. The van der Waals surface area contributed by atoms with Crippen LogP contribution in [-0.2, 0) is 21.6 Å². The highest BCUT2D eigenvalue weighted by Crippen LogP contribution is 2.46. The van der Waals surface area contributed by atoms with Gasteiger partial charge < -0.3 is 14.6 Å². The minimum atomic E-state index is -3.87. The summed E-state index contributed by atoms with van der Waals surface area (Å²) in [5, 5.41) is 15.3. The zero-order chi connectivity index (χ0) is 22.8. The molecule has 0 aliphatic heterocycles. The van der Waals surface area contributed by atoms with Gasteiger partial charge in [0.1, 0.15) is 23.0 Å². The van der Waals surface area contributed by atoms with Crippen molar-refractivity contribution in [3.8, 4) is 22.6 Å². The van der Waals surface area contributed by atoms with E-state index in [4.69, 9.17) is 9.47 Å². The number of phenolic OH excluding ortho intramolecular Hbond substituents is 1. The predicted molar refractivity (Wildman–Crippen MR) is 115 cm³/mol. The predicted octanol–water partition coefficient (Wildman–Crippen LogP) is 2.76. The van der Waals surface area contributed by atoms with Gasteiger partial charge in [0.25, 0.3) is 0 Å². The maximum atomic E-state index is 13.3. The van der Waals surface area contributed by atoms with E-state index >= 15 is 0 Å². The van der Waals surface area contributed by atoms with Crippen LogP contribution in [0.5, 0.6) is 11.5 Å². The third kappa shape index (κ3) is 4.47. The van der Waals surface area contributed by atoms with Gasteiger partial charge >= 0.3 is 0 Å². The summed E-state index contributed by atoms with van der Waals surface area (Å²) in [5.41, 5.74) is 0.889. The normalized spacial score (nSPS) is 11.5. The number of aromatic hydroxyl groups is 1. The van der Waals surface area contributed by atoms with Crippen molar-refractivity contribution in [2.24, 2.45) is 7.05 Å². The molecule has 164 valence electrons. The number of ketones is 1. The van der Waals surface area contributed by atoms with Crippen LogP contribution in [0.25, 0.3) is 11.1 Å². The van der Waals surface area contributed by atoms with Crippen LogP contribution in [-0.4, -0.2) is 55.7 Å². The Morgan fingerprint density at radius 3 is 2.42 bits per heavy atom. The van der Waals surface area contributed by atoms with Gasteiger partial charge in [0.15, 0.2) is 15.6 Å². The fourth-order valence-corrected chi connectivity index (χ4v) is 4.53.